The smallest absolute Gasteiger partial charge is 0.408 e. The fourth-order valence-corrected chi connectivity index (χ4v) is 2.45. The van der Waals surface area contributed by atoms with E-state index < -0.39 is 30.3 Å². The first-order valence-corrected chi connectivity index (χ1v) is 7.77. The van der Waals surface area contributed by atoms with Crippen molar-refractivity contribution in [1.82, 2.24) is 10.3 Å². The minimum Gasteiger partial charge on any atom is -0.472 e. The average Bonchev–Trinajstić information content (AvgIpc) is 2.80. The molecule has 0 aliphatic carbocycles. The summed E-state index contributed by atoms with van der Waals surface area (Å²) in [6, 6.07) is 2.12. The summed E-state index contributed by atoms with van der Waals surface area (Å²) in [7, 11) is 0. The third-order valence-corrected chi connectivity index (χ3v) is 3.42. The second-order valence-electron chi connectivity index (χ2n) is 6.58. The fraction of sp³-hybridized carbons (Fsp3) is 0.625. The molecule has 0 saturated carbocycles. The van der Waals surface area contributed by atoms with E-state index in [9.17, 15) is 13.6 Å². The Hall–Kier alpha value is -1.96. The van der Waals surface area contributed by atoms with Gasteiger partial charge in [-0.3, -0.25) is 0 Å². The highest BCUT2D eigenvalue weighted by Gasteiger charge is 2.37. The summed E-state index contributed by atoms with van der Waals surface area (Å²) >= 11 is 0. The highest BCUT2D eigenvalue weighted by Crippen LogP contribution is 2.38. The third-order valence-electron chi connectivity index (χ3n) is 3.42. The van der Waals surface area contributed by atoms with Crippen molar-refractivity contribution in [2.24, 2.45) is 0 Å². The van der Waals surface area contributed by atoms with Gasteiger partial charge in [0.2, 0.25) is 5.88 Å². The molecule has 2 N–H and O–H groups in total. The molecule has 1 aromatic rings. The monoisotopic (exact) mass is 344 g/mol. The van der Waals surface area contributed by atoms with Crippen molar-refractivity contribution in [1.29, 1.82) is 0 Å². The van der Waals surface area contributed by atoms with E-state index in [2.05, 4.69) is 10.3 Å². The van der Waals surface area contributed by atoms with E-state index in [-0.39, 0.29) is 18.2 Å². The van der Waals surface area contributed by atoms with Crippen LogP contribution in [0.15, 0.2) is 12.1 Å². The first kappa shape index (κ1) is 18.4. The number of aromatic nitrogens is 1. The van der Waals surface area contributed by atoms with Crippen molar-refractivity contribution < 1.29 is 28.2 Å². The van der Waals surface area contributed by atoms with Gasteiger partial charge in [0.1, 0.15) is 17.4 Å². The SMILES string of the molecule is CC(C)(C)OC(=O)N[C@H]1c2ccc(C(F)F)nc2O[C@H]1CCCO. The number of nitrogens with one attached hydrogen (secondary N) is 1. The van der Waals surface area contributed by atoms with Crippen LogP contribution >= 0.6 is 0 Å². The molecule has 1 amide bonds. The lowest BCUT2D eigenvalue weighted by Gasteiger charge is -2.24. The Kier molecular flexibility index (Phi) is 5.58. The van der Waals surface area contributed by atoms with E-state index in [1.54, 1.807) is 20.8 Å². The molecule has 6 nitrogen and oxygen atoms in total. The molecule has 0 radical (unpaired) electrons. The van der Waals surface area contributed by atoms with Gasteiger partial charge < -0.3 is 19.9 Å². The molecule has 0 bridgehead atoms. The maximum Gasteiger partial charge on any atom is 0.408 e. The van der Waals surface area contributed by atoms with E-state index in [1.807, 2.05) is 0 Å². The van der Waals surface area contributed by atoms with Gasteiger partial charge in [0.05, 0.1) is 6.04 Å². The van der Waals surface area contributed by atoms with Crippen LogP contribution in [0, 0.1) is 0 Å². The summed E-state index contributed by atoms with van der Waals surface area (Å²) in [4.78, 5) is 15.9. The minimum absolute atomic E-state index is 0.0366. The number of aliphatic hydroxyl groups excluding tert-OH is 1. The largest absolute Gasteiger partial charge is 0.472 e. The number of aliphatic hydroxyl groups is 1. The number of halogens is 2. The number of carbonyl (C=O) groups excluding carboxylic acids is 1. The van der Waals surface area contributed by atoms with Gasteiger partial charge in [-0.2, -0.15) is 0 Å². The average molecular weight is 344 g/mol. The molecule has 1 aliphatic heterocycles. The van der Waals surface area contributed by atoms with Crippen LogP contribution in [-0.2, 0) is 4.74 Å². The van der Waals surface area contributed by atoms with E-state index in [0.717, 1.165) is 0 Å². The quantitative estimate of drug-likeness (QED) is 0.858. The molecule has 0 spiro atoms. The lowest BCUT2D eigenvalue weighted by molar-refractivity contribution is 0.0461. The third kappa shape index (κ3) is 4.53. The standard InChI is InChI=1S/C16H22F2N2O4/c1-16(2,3)24-15(22)20-12-9-6-7-10(13(17)18)19-14(9)23-11(12)5-4-8-21/h6-7,11-13,21H,4-5,8H2,1-3H3,(H,20,22)/t11-,12-/m0/s1. The molecule has 0 unspecified atom stereocenters. The van der Waals surface area contributed by atoms with Crippen LogP contribution in [0.25, 0.3) is 0 Å². The number of fused-ring (bicyclic) bond motifs is 1. The number of carbonyl (C=O) groups is 1. The predicted octanol–water partition coefficient (Wildman–Crippen LogP) is 3.12. The zero-order valence-electron chi connectivity index (χ0n) is 13.9. The first-order chi connectivity index (χ1) is 11.2. The zero-order chi connectivity index (χ0) is 17.9. The summed E-state index contributed by atoms with van der Waals surface area (Å²) < 4.78 is 36.4. The molecule has 0 aromatic carbocycles. The topological polar surface area (TPSA) is 80.7 Å². The van der Waals surface area contributed by atoms with Crippen molar-refractivity contribution in [3.8, 4) is 5.88 Å². The lowest BCUT2D eigenvalue weighted by Crippen LogP contribution is -2.39. The van der Waals surface area contributed by atoms with Crippen molar-refractivity contribution in [2.75, 3.05) is 6.61 Å². The number of hydrogen-bond acceptors (Lipinski definition) is 5. The maximum absolute atomic E-state index is 12.8. The number of alkyl carbamates (subject to hydrolysis) is 1. The number of rotatable bonds is 5. The molecule has 2 heterocycles. The Morgan fingerprint density at radius 1 is 1.46 bits per heavy atom. The molecular weight excluding hydrogens is 322 g/mol. The van der Waals surface area contributed by atoms with E-state index in [0.29, 0.717) is 18.4 Å². The maximum atomic E-state index is 12.8. The van der Waals surface area contributed by atoms with Gasteiger partial charge in [-0.15, -0.1) is 0 Å². The second-order valence-corrected chi connectivity index (χ2v) is 6.58. The van der Waals surface area contributed by atoms with Gasteiger partial charge in [0.25, 0.3) is 6.43 Å². The van der Waals surface area contributed by atoms with Crippen molar-refractivity contribution in [3.05, 3.63) is 23.4 Å². The molecular formula is C16H22F2N2O4. The van der Waals surface area contributed by atoms with Crippen molar-refractivity contribution in [2.45, 2.75) is 57.8 Å². The van der Waals surface area contributed by atoms with Gasteiger partial charge in [0.15, 0.2) is 0 Å². The highest BCUT2D eigenvalue weighted by molar-refractivity contribution is 5.69. The lowest BCUT2D eigenvalue weighted by atomic mass is 10.0. The van der Waals surface area contributed by atoms with Crippen molar-refractivity contribution >= 4 is 6.09 Å². The first-order valence-electron chi connectivity index (χ1n) is 7.77. The van der Waals surface area contributed by atoms with Crippen molar-refractivity contribution in [3.63, 3.8) is 0 Å². The Balaban J connectivity index is 2.20. The van der Waals surface area contributed by atoms with Crippen LogP contribution in [-0.4, -0.2) is 34.5 Å². The normalized spacial score (nSPS) is 19.8. The van der Waals surface area contributed by atoms with E-state index in [1.165, 1.54) is 12.1 Å². The molecule has 1 aliphatic rings. The molecule has 134 valence electrons. The molecule has 0 saturated heterocycles. The van der Waals surface area contributed by atoms with E-state index in [4.69, 9.17) is 14.6 Å². The number of ether oxygens (including phenoxy) is 2. The second kappa shape index (κ2) is 7.29. The van der Waals surface area contributed by atoms with Crippen LogP contribution in [0.4, 0.5) is 13.6 Å². The predicted molar refractivity (Wildman–Crippen MR) is 82.0 cm³/mol. The van der Waals surface area contributed by atoms with Gasteiger partial charge in [-0.05, 0) is 45.7 Å². The van der Waals surface area contributed by atoms with Gasteiger partial charge in [-0.25, -0.2) is 18.6 Å². The molecule has 8 heteroatoms. The van der Waals surface area contributed by atoms with Gasteiger partial charge >= 0.3 is 6.09 Å². The number of amides is 1. The minimum atomic E-state index is -2.70. The Morgan fingerprint density at radius 3 is 2.75 bits per heavy atom. The van der Waals surface area contributed by atoms with Crippen LogP contribution in [0.3, 0.4) is 0 Å². The van der Waals surface area contributed by atoms with Gasteiger partial charge in [0, 0.05) is 12.2 Å². The molecule has 2 rings (SSSR count). The van der Waals surface area contributed by atoms with E-state index >= 15 is 0 Å². The summed E-state index contributed by atoms with van der Waals surface area (Å²) in [6.07, 6.45) is -2.94. The summed E-state index contributed by atoms with van der Waals surface area (Å²) in [6.45, 7) is 5.19. The Bertz CT molecular complexity index is 590. The molecule has 1 aromatic heterocycles. The summed E-state index contributed by atoms with van der Waals surface area (Å²) in [5, 5.41) is 11.7. The highest BCUT2D eigenvalue weighted by atomic mass is 19.3. The number of alkyl halides is 2. The Labute approximate surface area is 139 Å². The molecule has 0 fully saturated rings. The number of nitrogens with zero attached hydrogens (tertiary/aromatic N) is 1. The fourth-order valence-electron chi connectivity index (χ4n) is 2.45. The Morgan fingerprint density at radius 2 is 2.17 bits per heavy atom. The molecule has 24 heavy (non-hydrogen) atoms. The van der Waals surface area contributed by atoms with Crippen LogP contribution in [0.1, 0.15) is 57.3 Å². The van der Waals surface area contributed by atoms with Crippen LogP contribution in [0.5, 0.6) is 5.88 Å². The van der Waals surface area contributed by atoms with Crippen LogP contribution < -0.4 is 10.1 Å². The molecule has 2 atom stereocenters. The summed E-state index contributed by atoms with van der Waals surface area (Å²) in [5.41, 5.74) is -0.522. The van der Waals surface area contributed by atoms with Gasteiger partial charge in [-0.1, -0.05) is 0 Å². The number of pyridine rings is 1. The zero-order valence-corrected chi connectivity index (χ0v) is 13.9. The summed E-state index contributed by atoms with van der Waals surface area (Å²) in [5.74, 6) is 0.0804. The van der Waals surface area contributed by atoms with Crippen LogP contribution in [0.2, 0.25) is 0 Å². The number of hydrogen-bond donors (Lipinski definition) is 2.